The molecule has 0 radical (unpaired) electrons. The van der Waals surface area contributed by atoms with Crippen molar-refractivity contribution in [3.63, 3.8) is 0 Å². The summed E-state index contributed by atoms with van der Waals surface area (Å²) in [5.74, 6) is -1.53. The summed E-state index contributed by atoms with van der Waals surface area (Å²) in [5.41, 5.74) is 0. The second-order valence-corrected chi connectivity index (χ2v) is 3.49. The molecule has 0 rings (SSSR count). The topological polar surface area (TPSA) is 58.6 Å². The van der Waals surface area contributed by atoms with Gasteiger partial charge in [0.1, 0.15) is 0 Å². The van der Waals surface area contributed by atoms with E-state index in [9.17, 15) is 9.59 Å². The fourth-order valence-corrected chi connectivity index (χ4v) is 1.04. The van der Waals surface area contributed by atoms with Crippen LogP contribution in [0.2, 0.25) is 0 Å². The van der Waals surface area contributed by atoms with Crippen LogP contribution < -0.4 is 5.32 Å². The molecule has 1 unspecified atom stereocenters. The van der Waals surface area contributed by atoms with Crippen LogP contribution >= 0.6 is 0 Å². The monoisotopic (exact) mass is 216 g/mol. The molecule has 0 aromatic heterocycles. The van der Waals surface area contributed by atoms with E-state index in [4.69, 9.17) is 0 Å². The maximum atomic E-state index is 11.0. The van der Waals surface area contributed by atoms with Crippen LogP contribution in [0.25, 0.3) is 0 Å². The Kier molecular flexibility index (Phi) is 6.70. The average Bonchev–Trinajstić information content (AvgIpc) is 2.26. The van der Waals surface area contributed by atoms with Crippen LogP contribution in [-0.4, -0.2) is 50.1 Å². The first-order chi connectivity index (χ1) is 7.02. The molecule has 15 heavy (non-hydrogen) atoms. The van der Waals surface area contributed by atoms with Crippen molar-refractivity contribution in [1.29, 1.82) is 0 Å². The van der Waals surface area contributed by atoms with Gasteiger partial charge in [0, 0.05) is 19.1 Å². The molecule has 0 heterocycles. The highest BCUT2D eigenvalue weighted by Gasteiger charge is 2.13. The van der Waals surface area contributed by atoms with Crippen molar-refractivity contribution in [1.82, 2.24) is 10.2 Å². The molecular weight excluding hydrogens is 196 g/mol. The van der Waals surface area contributed by atoms with E-state index in [1.807, 2.05) is 7.05 Å². The van der Waals surface area contributed by atoms with E-state index in [1.165, 1.54) is 7.11 Å². The van der Waals surface area contributed by atoms with Crippen molar-refractivity contribution in [3.05, 3.63) is 0 Å². The number of hydrogen-bond acceptors (Lipinski definition) is 4. The zero-order valence-electron chi connectivity index (χ0n) is 9.87. The fourth-order valence-electron chi connectivity index (χ4n) is 1.04. The molecule has 88 valence electrons. The van der Waals surface area contributed by atoms with Crippen LogP contribution in [0.5, 0.6) is 0 Å². The normalized spacial score (nSPS) is 12.3. The molecule has 0 aliphatic carbocycles. The quantitative estimate of drug-likeness (QED) is 0.519. The van der Waals surface area contributed by atoms with E-state index in [0.29, 0.717) is 12.6 Å². The van der Waals surface area contributed by atoms with E-state index in [2.05, 4.69) is 28.8 Å². The van der Waals surface area contributed by atoms with Gasteiger partial charge in [-0.3, -0.25) is 4.79 Å². The lowest BCUT2D eigenvalue weighted by atomic mass is 10.2. The Morgan fingerprint density at radius 2 is 2.07 bits per heavy atom. The highest BCUT2D eigenvalue weighted by molar-refractivity contribution is 6.32. The van der Waals surface area contributed by atoms with Crippen molar-refractivity contribution >= 4 is 11.9 Å². The maximum Gasteiger partial charge on any atom is 0.396 e. The highest BCUT2D eigenvalue weighted by Crippen LogP contribution is 1.97. The number of carbonyl (C=O) groups is 2. The van der Waals surface area contributed by atoms with E-state index >= 15 is 0 Å². The molecule has 1 amide bonds. The Balaban J connectivity index is 3.70. The van der Waals surface area contributed by atoms with Crippen molar-refractivity contribution < 1.29 is 14.3 Å². The predicted octanol–water partition coefficient (Wildman–Crippen LogP) is 0.00590. The van der Waals surface area contributed by atoms with Gasteiger partial charge >= 0.3 is 11.9 Å². The Morgan fingerprint density at radius 1 is 1.47 bits per heavy atom. The second-order valence-electron chi connectivity index (χ2n) is 3.49. The van der Waals surface area contributed by atoms with E-state index in [0.717, 1.165) is 13.0 Å². The zero-order chi connectivity index (χ0) is 11.8. The number of rotatable bonds is 5. The van der Waals surface area contributed by atoms with Crippen LogP contribution in [0.3, 0.4) is 0 Å². The summed E-state index contributed by atoms with van der Waals surface area (Å²) in [6, 6.07) is 0.472. The fraction of sp³-hybridized carbons (Fsp3) is 0.800. The highest BCUT2D eigenvalue weighted by atomic mass is 16.5. The largest absolute Gasteiger partial charge is 0.462 e. The molecule has 5 heteroatoms. The van der Waals surface area contributed by atoms with Gasteiger partial charge in [0.15, 0.2) is 0 Å². The van der Waals surface area contributed by atoms with E-state index in [-0.39, 0.29) is 0 Å². The lowest BCUT2D eigenvalue weighted by molar-refractivity contribution is -0.152. The minimum atomic E-state index is -0.846. The van der Waals surface area contributed by atoms with Gasteiger partial charge in [-0.05, 0) is 20.4 Å². The molecule has 0 aliphatic heterocycles. The molecule has 1 N–H and O–H groups in total. The number of methoxy groups -OCH3 is 1. The van der Waals surface area contributed by atoms with Gasteiger partial charge < -0.3 is 15.0 Å². The number of ether oxygens (including phenoxy) is 1. The molecule has 0 aliphatic rings. The third-order valence-corrected chi connectivity index (χ3v) is 2.46. The number of esters is 1. The number of likely N-dealkylation sites (N-methyl/N-ethyl adjacent to an activating group) is 1. The maximum absolute atomic E-state index is 11.0. The first-order valence-electron chi connectivity index (χ1n) is 5.09. The molecule has 1 atom stereocenters. The number of hydrogen-bond donors (Lipinski definition) is 1. The first kappa shape index (κ1) is 13.9. The molecular formula is C10H20N2O3. The molecule has 0 saturated heterocycles. The van der Waals surface area contributed by atoms with Gasteiger partial charge in [-0.2, -0.15) is 0 Å². The summed E-state index contributed by atoms with van der Waals surface area (Å²) >= 11 is 0. The predicted molar refractivity (Wildman–Crippen MR) is 57.4 cm³/mol. The molecule has 0 fully saturated rings. The lowest BCUT2D eigenvalue weighted by Gasteiger charge is -2.23. The number of nitrogens with zero attached hydrogens (tertiary/aromatic N) is 1. The van der Waals surface area contributed by atoms with Crippen molar-refractivity contribution in [2.75, 3.05) is 27.2 Å². The van der Waals surface area contributed by atoms with Crippen LogP contribution in [0, 0.1) is 0 Å². The number of amides is 1. The summed E-state index contributed by atoms with van der Waals surface area (Å²) in [7, 11) is 3.17. The zero-order valence-corrected chi connectivity index (χ0v) is 9.87. The van der Waals surface area contributed by atoms with Crippen LogP contribution in [0.15, 0.2) is 0 Å². The molecule has 0 aromatic carbocycles. The number of carbonyl (C=O) groups excluding carboxylic acids is 2. The third-order valence-electron chi connectivity index (χ3n) is 2.46. The van der Waals surface area contributed by atoms with Gasteiger partial charge in [0.2, 0.25) is 0 Å². The average molecular weight is 216 g/mol. The Hall–Kier alpha value is -1.10. The van der Waals surface area contributed by atoms with Crippen LogP contribution in [0.4, 0.5) is 0 Å². The van der Waals surface area contributed by atoms with Crippen molar-refractivity contribution in [3.8, 4) is 0 Å². The Morgan fingerprint density at radius 3 is 2.53 bits per heavy atom. The Labute approximate surface area is 90.8 Å². The molecule has 0 bridgehead atoms. The van der Waals surface area contributed by atoms with Crippen LogP contribution in [0.1, 0.15) is 20.3 Å². The van der Waals surface area contributed by atoms with Crippen molar-refractivity contribution in [2.45, 2.75) is 26.3 Å². The molecule has 0 aromatic rings. The third kappa shape index (κ3) is 5.37. The van der Waals surface area contributed by atoms with Gasteiger partial charge in [0.05, 0.1) is 7.11 Å². The van der Waals surface area contributed by atoms with Crippen LogP contribution in [-0.2, 0) is 14.3 Å². The van der Waals surface area contributed by atoms with E-state index < -0.39 is 11.9 Å². The van der Waals surface area contributed by atoms with Gasteiger partial charge in [0.25, 0.3) is 0 Å². The summed E-state index contributed by atoms with van der Waals surface area (Å²) in [6.45, 7) is 5.39. The smallest absolute Gasteiger partial charge is 0.396 e. The lowest BCUT2D eigenvalue weighted by Crippen LogP contribution is -2.39. The number of nitrogens with one attached hydrogen (secondary N) is 1. The first-order valence-corrected chi connectivity index (χ1v) is 5.09. The minimum absolute atomic E-state index is 0.453. The second kappa shape index (κ2) is 7.23. The minimum Gasteiger partial charge on any atom is -0.462 e. The van der Waals surface area contributed by atoms with Crippen molar-refractivity contribution in [2.24, 2.45) is 0 Å². The standard InChI is InChI=1S/C10H20N2O3/c1-5-8(2)12(3)7-6-11-9(13)10(14)15-4/h8H,5-7H2,1-4H3,(H,11,13). The molecule has 5 nitrogen and oxygen atoms in total. The summed E-state index contributed by atoms with van der Waals surface area (Å²) in [6.07, 6.45) is 1.06. The SMILES string of the molecule is CCC(C)N(C)CCNC(=O)C(=O)OC. The van der Waals surface area contributed by atoms with Gasteiger partial charge in [-0.15, -0.1) is 0 Å². The Bertz CT molecular complexity index is 219. The van der Waals surface area contributed by atoms with Gasteiger partial charge in [-0.25, -0.2) is 4.79 Å². The molecule has 0 saturated carbocycles. The summed E-state index contributed by atoms with van der Waals surface area (Å²) < 4.78 is 4.27. The summed E-state index contributed by atoms with van der Waals surface area (Å²) in [4.78, 5) is 23.8. The molecule has 0 spiro atoms. The summed E-state index contributed by atoms with van der Waals surface area (Å²) in [5, 5.41) is 2.49. The van der Waals surface area contributed by atoms with E-state index in [1.54, 1.807) is 0 Å². The van der Waals surface area contributed by atoms with Gasteiger partial charge in [-0.1, -0.05) is 6.92 Å².